The van der Waals surface area contributed by atoms with Crippen LogP contribution in [-0.4, -0.2) is 31.4 Å². The summed E-state index contributed by atoms with van der Waals surface area (Å²) in [5.74, 6) is 0.254. The number of Topliss-reactive ketones (excluding diaryl/α,β-unsaturated/α-hetero) is 1. The summed E-state index contributed by atoms with van der Waals surface area (Å²) >= 11 is 0. The van der Waals surface area contributed by atoms with E-state index in [2.05, 4.69) is 5.32 Å². The maximum atomic E-state index is 12.1. The minimum absolute atomic E-state index is 0.254. The van der Waals surface area contributed by atoms with Crippen molar-refractivity contribution in [3.05, 3.63) is 35.9 Å². The number of carbonyl (C=O) groups excluding carboxylic acids is 2. The summed E-state index contributed by atoms with van der Waals surface area (Å²) in [5, 5.41) is 3.25. The van der Waals surface area contributed by atoms with Crippen LogP contribution in [0, 0.1) is 5.41 Å². The van der Waals surface area contributed by atoms with Crippen LogP contribution in [0.3, 0.4) is 0 Å². The van der Waals surface area contributed by atoms with E-state index in [1.807, 2.05) is 37.3 Å². The molecule has 0 bridgehead atoms. The monoisotopic (exact) mass is 275 g/mol. The van der Waals surface area contributed by atoms with Crippen LogP contribution in [0.1, 0.15) is 25.3 Å². The van der Waals surface area contributed by atoms with Crippen molar-refractivity contribution in [2.45, 2.75) is 32.3 Å². The Morgan fingerprint density at radius 2 is 2.15 bits per heavy atom. The van der Waals surface area contributed by atoms with Crippen molar-refractivity contribution in [1.82, 2.24) is 5.32 Å². The Hall–Kier alpha value is -1.68. The molecular formula is C16H21NO3. The topological polar surface area (TPSA) is 55.4 Å². The van der Waals surface area contributed by atoms with Gasteiger partial charge in [0.05, 0.1) is 0 Å². The van der Waals surface area contributed by atoms with Gasteiger partial charge in [-0.1, -0.05) is 37.3 Å². The first-order chi connectivity index (χ1) is 9.64. The van der Waals surface area contributed by atoms with Gasteiger partial charge < -0.3 is 10.1 Å². The summed E-state index contributed by atoms with van der Waals surface area (Å²) in [4.78, 5) is 22.8. The molecule has 4 nitrogen and oxygen atoms in total. The summed E-state index contributed by atoms with van der Waals surface area (Å²) in [6, 6.07) is 9.88. The van der Waals surface area contributed by atoms with Gasteiger partial charge in [0, 0.05) is 31.3 Å². The first-order valence-electron chi connectivity index (χ1n) is 7.01. The second-order valence-electron chi connectivity index (χ2n) is 5.66. The summed E-state index contributed by atoms with van der Waals surface area (Å²) in [7, 11) is 0. The second kappa shape index (κ2) is 6.66. The highest BCUT2D eigenvalue weighted by Gasteiger charge is 2.37. The highest BCUT2D eigenvalue weighted by atomic mass is 16.5. The van der Waals surface area contributed by atoms with E-state index in [-0.39, 0.29) is 11.9 Å². The predicted molar refractivity (Wildman–Crippen MR) is 76.3 cm³/mol. The maximum Gasteiger partial charge on any atom is 0.293 e. The van der Waals surface area contributed by atoms with E-state index >= 15 is 0 Å². The minimum Gasteiger partial charge on any atom is -0.464 e. The van der Waals surface area contributed by atoms with Crippen LogP contribution in [0.15, 0.2) is 30.3 Å². The summed E-state index contributed by atoms with van der Waals surface area (Å²) < 4.78 is 5.20. The molecule has 2 rings (SSSR count). The zero-order valence-electron chi connectivity index (χ0n) is 11.8. The number of ether oxygens (including phenoxy) is 1. The Labute approximate surface area is 119 Å². The Bertz CT molecular complexity index is 460. The molecule has 108 valence electrons. The Balaban J connectivity index is 2.05. The Morgan fingerprint density at radius 1 is 1.40 bits per heavy atom. The zero-order valence-corrected chi connectivity index (χ0v) is 11.8. The van der Waals surface area contributed by atoms with E-state index in [1.165, 1.54) is 0 Å². The lowest BCUT2D eigenvalue weighted by atomic mass is 9.76. The van der Waals surface area contributed by atoms with Gasteiger partial charge in [-0.3, -0.25) is 9.59 Å². The number of rotatable bonds is 6. The van der Waals surface area contributed by atoms with Gasteiger partial charge in [-0.2, -0.15) is 0 Å². The number of ketones is 1. The number of hydrogen-bond acceptors (Lipinski definition) is 4. The van der Waals surface area contributed by atoms with Crippen molar-refractivity contribution >= 4 is 12.3 Å². The van der Waals surface area contributed by atoms with Gasteiger partial charge >= 0.3 is 0 Å². The van der Waals surface area contributed by atoms with Crippen LogP contribution < -0.4 is 5.32 Å². The molecule has 0 aliphatic carbocycles. The number of carbonyl (C=O) groups is 2. The minimum atomic E-state index is -0.444. The van der Waals surface area contributed by atoms with Gasteiger partial charge in [0.15, 0.2) is 0 Å². The molecule has 1 fully saturated rings. The van der Waals surface area contributed by atoms with Crippen molar-refractivity contribution in [3.8, 4) is 0 Å². The molecule has 20 heavy (non-hydrogen) atoms. The molecule has 0 radical (unpaired) electrons. The maximum absolute atomic E-state index is 12.1. The molecule has 1 aliphatic heterocycles. The van der Waals surface area contributed by atoms with Crippen molar-refractivity contribution in [3.63, 3.8) is 0 Å². The molecular weight excluding hydrogens is 254 g/mol. The molecule has 1 N–H and O–H groups in total. The fourth-order valence-electron chi connectivity index (χ4n) is 2.78. The largest absolute Gasteiger partial charge is 0.464 e. The van der Waals surface area contributed by atoms with Crippen LogP contribution >= 0.6 is 0 Å². The smallest absolute Gasteiger partial charge is 0.293 e. The van der Waals surface area contributed by atoms with Gasteiger partial charge in [-0.05, 0) is 12.0 Å². The molecule has 4 heteroatoms. The molecule has 0 amide bonds. The van der Waals surface area contributed by atoms with Crippen molar-refractivity contribution in [1.29, 1.82) is 0 Å². The normalized spacial score (nSPS) is 24.1. The average Bonchev–Trinajstić information content (AvgIpc) is 2.44. The highest BCUT2D eigenvalue weighted by Crippen LogP contribution is 2.29. The van der Waals surface area contributed by atoms with Gasteiger partial charge in [0.1, 0.15) is 11.9 Å². The van der Waals surface area contributed by atoms with Crippen LogP contribution in [0.2, 0.25) is 0 Å². The summed E-state index contributed by atoms with van der Waals surface area (Å²) in [6.07, 6.45) is 1.49. The summed E-state index contributed by atoms with van der Waals surface area (Å²) in [6.45, 7) is 3.83. The van der Waals surface area contributed by atoms with Gasteiger partial charge in [0.2, 0.25) is 0 Å². The molecule has 1 aromatic rings. The SMILES string of the molecule is CC1(CC(Cc2ccccc2)OC=O)CNCCC1=O. The predicted octanol–water partition coefficient (Wildman–Crippen LogP) is 1.73. The van der Waals surface area contributed by atoms with Crippen LogP contribution in [0.5, 0.6) is 0 Å². The second-order valence-corrected chi connectivity index (χ2v) is 5.66. The fourth-order valence-corrected chi connectivity index (χ4v) is 2.78. The highest BCUT2D eigenvalue weighted by molar-refractivity contribution is 5.85. The standard InChI is InChI=1S/C16H21NO3/c1-16(11-17-8-7-15(16)19)10-14(20-12-18)9-13-5-3-2-4-6-13/h2-6,12,14,17H,7-11H2,1H3. The van der Waals surface area contributed by atoms with Gasteiger partial charge in [0.25, 0.3) is 6.47 Å². The number of nitrogens with one attached hydrogen (secondary N) is 1. The first-order valence-corrected chi connectivity index (χ1v) is 7.01. The van der Waals surface area contributed by atoms with Crippen LogP contribution in [0.25, 0.3) is 0 Å². The molecule has 1 heterocycles. The van der Waals surface area contributed by atoms with Crippen molar-refractivity contribution < 1.29 is 14.3 Å². The third-order valence-corrected chi connectivity index (χ3v) is 3.95. The lowest BCUT2D eigenvalue weighted by Crippen LogP contribution is -2.47. The first kappa shape index (κ1) is 14.7. The molecule has 1 aliphatic rings. The summed E-state index contributed by atoms with van der Waals surface area (Å²) in [5.41, 5.74) is 0.667. The van der Waals surface area contributed by atoms with E-state index in [4.69, 9.17) is 4.74 Å². The Morgan fingerprint density at radius 3 is 2.80 bits per heavy atom. The van der Waals surface area contributed by atoms with E-state index in [1.54, 1.807) is 0 Å². The van der Waals surface area contributed by atoms with E-state index in [9.17, 15) is 9.59 Å². The van der Waals surface area contributed by atoms with Crippen molar-refractivity contribution in [2.24, 2.45) is 5.41 Å². The third-order valence-electron chi connectivity index (χ3n) is 3.95. The fraction of sp³-hybridized carbons (Fsp3) is 0.500. The number of hydrogen-bond donors (Lipinski definition) is 1. The van der Waals surface area contributed by atoms with E-state index < -0.39 is 5.41 Å². The van der Waals surface area contributed by atoms with E-state index in [0.717, 1.165) is 12.1 Å². The molecule has 2 atom stereocenters. The molecule has 0 spiro atoms. The molecule has 0 saturated carbocycles. The third kappa shape index (κ3) is 3.67. The lowest BCUT2D eigenvalue weighted by Gasteiger charge is -2.35. The number of benzene rings is 1. The van der Waals surface area contributed by atoms with Crippen LogP contribution in [0.4, 0.5) is 0 Å². The molecule has 2 unspecified atom stereocenters. The molecule has 1 saturated heterocycles. The number of piperidine rings is 1. The molecule has 0 aromatic heterocycles. The lowest BCUT2D eigenvalue weighted by molar-refractivity contribution is -0.139. The quantitative estimate of drug-likeness (QED) is 0.803. The van der Waals surface area contributed by atoms with Gasteiger partial charge in [-0.15, -0.1) is 0 Å². The van der Waals surface area contributed by atoms with Gasteiger partial charge in [-0.25, -0.2) is 0 Å². The van der Waals surface area contributed by atoms with Crippen molar-refractivity contribution in [2.75, 3.05) is 13.1 Å². The zero-order chi connectivity index (χ0) is 14.4. The Kier molecular flexibility index (Phi) is 4.90. The van der Waals surface area contributed by atoms with E-state index in [0.29, 0.717) is 32.3 Å². The molecule has 1 aromatic carbocycles. The van der Waals surface area contributed by atoms with Crippen LogP contribution in [-0.2, 0) is 20.7 Å². The average molecular weight is 275 g/mol.